The van der Waals surface area contributed by atoms with Gasteiger partial charge in [-0.2, -0.15) is 0 Å². The van der Waals surface area contributed by atoms with Gasteiger partial charge in [0.25, 0.3) is 0 Å². The van der Waals surface area contributed by atoms with Crippen LogP contribution in [-0.2, 0) is 17.6 Å². The predicted molar refractivity (Wildman–Crippen MR) is 74.0 cm³/mol. The molecule has 0 amide bonds. The van der Waals surface area contributed by atoms with Crippen molar-refractivity contribution < 1.29 is 9.53 Å². The maximum absolute atomic E-state index is 11.5. The molecule has 0 radical (unpaired) electrons. The van der Waals surface area contributed by atoms with Gasteiger partial charge in [-0.15, -0.1) is 0 Å². The highest BCUT2D eigenvalue weighted by atomic mass is 16.5. The van der Waals surface area contributed by atoms with Crippen molar-refractivity contribution >= 4 is 5.97 Å². The molecule has 3 heteroatoms. The van der Waals surface area contributed by atoms with Crippen LogP contribution in [0.3, 0.4) is 0 Å². The number of hydrogen-bond donors (Lipinski definition) is 0. The summed E-state index contributed by atoms with van der Waals surface area (Å²) in [6.07, 6.45) is 3.40. The largest absolute Gasteiger partial charge is 0.462 e. The fourth-order valence-electron chi connectivity index (χ4n) is 1.82. The van der Waals surface area contributed by atoms with Crippen LogP contribution in [0.15, 0.2) is 48.7 Å². The number of aromatic nitrogens is 1. The zero-order valence-electron chi connectivity index (χ0n) is 11.0. The lowest BCUT2D eigenvalue weighted by Crippen LogP contribution is -2.05. The number of nitrogens with zero attached hydrogens (tertiary/aromatic N) is 1. The molecule has 0 N–H and O–H groups in total. The Balaban J connectivity index is 1.94. The van der Waals surface area contributed by atoms with Crippen molar-refractivity contribution in [2.24, 2.45) is 0 Å². The molecule has 0 saturated carbocycles. The first-order valence-electron chi connectivity index (χ1n) is 6.45. The third-order valence-electron chi connectivity index (χ3n) is 2.85. The number of rotatable bonds is 5. The topological polar surface area (TPSA) is 39.2 Å². The fourth-order valence-corrected chi connectivity index (χ4v) is 1.82. The van der Waals surface area contributed by atoms with Gasteiger partial charge < -0.3 is 4.74 Å². The van der Waals surface area contributed by atoms with Crippen molar-refractivity contribution in [3.8, 4) is 0 Å². The Labute approximate surface area is 113 Å². The summed E-state index contributed by atoms with van der Waals surface area (Å²) in [7, 11) is 0. The number of hydrogen-bond acceptors (Lipinski definition) is 3. The normalized spacial score (nSPS) is 10.2. The standard InChI is InChI=1S/C16H17NO2/c1-2-19-16(18)14-9-11-15(17-12-14)10-8-13-6-4-3-5-7-13/h3-7,9,11-12H,2,8,10H2,1H3. The van der Waals surface area contributed by atoms with Gasteiger partial charge in [-0.3, -0.25) is 4.98 Å². The van der Waals surface area contributed by atoms with Crippen LogP contribution in [0.5, 0.6) is 0 Å². The van der Waals surface area contributed by atoms with Crippen LogP contribution in [-0.4, -0.2) is 17.6 Å². The van der Waals surface area contributed by atoms with E-state index in [1.807, 2.05) is 24.3 Å². The Kier molecular flexibility index (Phi) is 4.67. The summed E-state index contributed by atoms with van der Waals surface area (Å²) in [5, 5.41) is 0. The number of aryl methyl sites for hydroxylation is 2. The average molecular weight is 255 g/mol. The van der Waals surface area contributed by atoms with E-state index in [-0.39, 0.29) is 5.97 Å². The summed E-state index contributed by atoms with van der Waals surface area (Å²) in [4.78, 5) is 15.8. The number of benzene rings is 1. The first kappa shape index (κ1) is 13.3. The molecular formula is C16H17NO2. The van der Waals surface area contributed by atoms with E-state index in [0.717, 1.165) is 18.5 Å². The molecule has 0 unspecified atom stereocenters. The van der Waals surface area contributed by atoms with Crippen LogP contribution in [0.2, 0.25) is 0 Å². The Bertz CT molecular complexity index is 520. The summed E-state index contributed by atoms with van der Waals surface area (Å²) in [5.74, 6) is -0.315. The molecule has 1 heterocycles. The molecule has 0 fully saturated rings. The van der Waals surface area contributed by atoms with Gasteiger partial charge in [0.1, 0.15) is 0 Å². The highest BCUT2D eigenvalue weighted by Crippen LogP contribution is 2.07. The summed E-state index contributed by atoms with van der Waals surface area (Å²) in [6.45, 7) is 2.17. The minimum Gasteiger partial charge on any atom is -0.462 e. The summed E-state index contributed by atoms with van der Waals surface area (Å²) < 4.78 is 4.92. The van der Waals surface area contributed by atoms with Crippen LogP contribution in [0.25, 0.3) is 0 Å². The minimum absolute atomic E-state index is 0.315. The summed E-state index contributed by atoms with van der Waals surface area (Å²) >= 11 is 0. The van der Waals surface area contributed by atoms with Crippen LogP contribution in [0.1, 0.15) is 28.5 Å². The van der Waals surface area contributed by atoms with Crippen LogP contribution in [0, 0.1) is 0 Å². The third-order valence-corrected chi connectivity index (χ3v) is 2.85. The monoisotopic (exact) mass is 255 g/mol. The van der Waals surface area contributed by atoms with E-state index < -0.39 is 0 Å². The van der Waals surface area contributed by atoms with E-state index in [1.54, 1.807) is 19.2 Å². The van der Waals surface area contributed by atoms with E-state index >= 15 is 0 Å². The average Bonchev–Trinajstić information content (AvgIpc) is 2.47. The highest BCUT2D eigenvalue weighted by Gasteiger charge is 2.06. The lowest BCUT2D eigenvalue weighted by atomic mass is 10.1. The quantitative estimate of drug-likeness (QED) is 0.771. The second-order valence-corrected chi connectivity index (χ2v) is 4.24. The van der Waals surface area contributed by atoms with E-state index in [9.17, 15) is 4.79 Å². The molecule has 2 rings (SSSR count). The van der Waals surface area contributed by atoms with Gasteiger partial charge in [-0.05, 0) is 37.5 Å². The summed E-state index contributed by atoms with van der Waals surface area (Å²) in [5.41, 5.74) is 2.78. The van der Waals surface area contributed by atoms with Crippen LogP contribution in [0.4, 0.5) is 0 Å². The van der Waals surface area contributed by atoms with E-state index in [4.69, 9.17) is 4.74 Å². The zero-order chi connectivity index (χ0) is 13.5. The molecular weight excluding hydrogens is 238 g/mol. The minimum atomic E-state index is -0.315. The molecule has 2 aromatic rings. The molecule has 0 saturated heterocycles. The van der Waals surface area contributed by atoms with Crippen molar-refractivity contribution in [3.63, 3.8) is 0 Å². The second kappa shape index (κ2) is 6.69. The lowest BCUT2D eigenvalue weighted by molar-refractivity contribution is 0.0526. The van der Waals surface area contributed by atoms with Crippen molar-refractivity contribution in [1.82, 2.24) is 4.98 Å². The van der Waals surface area contributed by atoms with Gasteiger partial charge in [-0.25, -0.2) is 4.79 Å². The van der Waals surface area contributed by atoms with Gasteiger partial charge in [0.15, 0.2) is 0 Å². The van der Waals surface area contributed by atoms with Crippen molar-refractivity contribution in [2.45, 2.75) is 19.8 Å². The maximum atomic E-state index is 11.5. The molecule has 0 aliphatic rings. The van der Waals surface area contributed by atoms with Crippen molar-refractivity contribution in [2.75, 3.05) is 6.61 Å². The molecule has 1 aromatic carbocycles. The molecule has 0 spiro atoms. The van der Waals surface area contributed by atoms with Gasteiger partial charge in [-0.1, -0.05) is 30.3 Å². The summed E-state index contributed by atoms with van der Waals surface area (Å²) in [6, 6.07) is 13.9. The molecule has 3 nitrogen and oxygen atoms in total. The van der Waals surface area contributed by atoms with Gasteiger partial charge in [0, 0.05) is 11.9 Å². The number of carbonyl (C=O) groups excluding carboxylic acids is 1. The first-order valence-corrected chi connectivity index (χ1v) is 6.45. The van der Waals surface area contributed by atoms with Crippen LogP contribution < -0.4 is 0 Å². The molecule has 19 heavy (non-hydrogen) atoms. The van der Waals surface area contributed by atoms with Crippen molar-refractivity contribution in [3.05, 3.63) is 65.5 Å². The fraction of sp³-hybridized carbons (Fsp3) is 0.250. The molecule has 98 valence electrons. The number of esters is 1. The Hall–Kier alpha value is -2.16. The van der Waals surface area contributed by atoms with Crippen molar-refractivity contribution in [1.29, 1.82) is 0 Å². The smallest absolute Gasteiger partial charge is 0.339 e. The van der Waals surface area contributed by atoms with E-state index in [0.29, 0.717) is 12.2 Å². The highest BCUT2D eigenvalue weighted by molar-refractivity contribution is 5.88. The number of ether oxygens (including phenoxy) is 1. The number of pyridine rings is 1. The second-order valence-electron chi connectivity index (χ2n) is 4.24. The zero-order valence-corrected chi connectivity index (χ0v) is 11.0. The first-order chi connectivity index (χ1) is 9.29. The molecule has 0 aliphatic heterocycles. The van der Waals surface area contributed by atoms with E-state index in [2.05, 4.69) is 17.1 Å². The Morgan fingerprint density at radius 2 is 1.89 bits per heavy atom. The van der Waals surface area contributed by atoms with Gasteiger partial charge in [0.05, 0.1) is 12.2 Å². The molecule has 0 atom stereocenters. The molecule has 1 aromatic heterocycles. The maximum Gasteiger partial charge on any atom is 0.339 e. The van der Waals surface area contributed by atoms with E-state index in [1.165, 1.54) is 5.56 Å². The lowest BCUT2D eigenvalue weighted by Gasteiger charge is -2.04. The molecule has 0 bridgehead atoms. The molecule has 0 aliphatic carbocycles. The SMILES string of the molecule is CCOC(=O)c1ccc(CCc2ccccc2)nc1. The Morgan fingerprint density at radius 3 is 2.53 bits per heavy atom. The third kappa shape index (κ3) is 3.91. The van der Waals surface area contributed by atoms with Gasteiger partial charge >= 0.3 is 5.97 Å². The predicted octanol–water partition coefficient (Wildman–Crippen LogP) is 3.04. The van der Waals surface area contributed by atoms with Gasteiger partial charge in [0.2, 0.25) is 0 Å². The Morgan fingerprint density at radius 1 is 1.11 bits per heavy atom. The number of carbonyl (C=O) groups is 1. The van der Waals surface area contributed by atoms with Crippen LogP contribution >= 0.6 is 0 Å².